The van der Waals surface area contributed by atoms with Crippen LogP contribution in [0.25, 0.3) is 0 Å². The molecule has 2 aromatic rings. The summed E-state index contributed by atoms with van der Waals surface area (Å²) in [6.45, 7) is 0.470. The van der Waals surface area contributed by atoms with Crippen molar-refractivity contribution in [3.8, 4) is 0 Å². The molecule has 1 N–H and O–H groups in total. The summed E-state index contributed by atoms with van der Waals surface area (Å²) < 4.78 is 0. The van der Waals surface area contributed by atoms with E-state index in [9.17, 15) is 9.59 Å². The number of rotatable bonds is 3. The minimum atomic E-state index is -0.180. The van der Waals surface area contributed by atoms with Crippen LogP contribution >= 0.6 is 0 Å². The molecule has 1 aliphatic carbocycles. The molecule has 0 saturated heterocycles. The number of hydrogen-bond donors (Lipinski definition) is 1. The molecule has 0 spiro atoms. The lowest BCUT2D eigenvalue weighted by Gasteiger charge is -2.08. The van der Waals surface area contributed by atoms with Crippen molar-refractivity contribution in [2.75, 3.05) is 0 Å². The smallest absolute Gasteiger partial charge is 0.252 e. The number of benzene rings is 2. The fraction of sp³-hybridized carbons (Fsp3) is 0.176. The van der Waals surface area contributed by atoms with Crippen LogP contribution in [0.15, 0.2) is 48.5 Å². The van der Waals surface area contributed by atoms with Crippen molar-refractivity contribution in [3.05, 3.63) is 70.8 Å². The summed E-state index contributed by atoms with van der Waals surface area (Å²) in [5.74, 6) is -0.105. The van der Waals surface area contributed by atoms with Gasteiger partial charge in [-0.05, 0) is 23.6 Å². The van der Waals surface area contributed by atoms with Gasteiger partial charge in [-0.1, -0.05) is 42.5 Å². The van der Waals surface area contributed by atoms with E-state index in [0.29, 0.717) is 24.1 Å². The molecule has 0 fully saturated rings. The zero-order valence-electron chi connectivity index (χ0n) is 11.1. The Kier molecular flexibility index (Phi) is 3.33. The van der Waals surface area contributed by atoms with Gasteiger partial charge < -0.3 is 5.32 Å². The number of carbonyl (C=O) groups excluding carboxylic acids is 2. The van der Waals surface area contributed by atoms with Gasteiger partial charge in [-0.3, -0.25) is 9.59 Å². The number of Topliss-reactive ketones (excluding diaryl/α,β-unsaturated/α-hetero) is 1. The molecule has 2 aromatic carbocycles. The van der Waals surface area contributed by atoms with E-state index < -0.39 is 0 Å². The Morgan fingerprint density at radius 2 is 1.80 bits per heavy atom. The van der Waals surface area contributed by atoms with Crippen LogP contribution < -0.4 is 5.32 Å². The third-order valence-corrected chi connectivity index (χ3v) is 3.59. The monoisotopic (exact) mass is 265 g/mol. The first kappa shape index (κ1) is 12.6. The van der Waals surface area contributed by atoms with Gasteiger partial charge in [-0.15, -0.1) is 0 Å². The molecule has 0 aliphatic heterocycles. The maximum Gasteiger partial charge on any atom is 0.252 e. The van der Waals surface area contributed by atoms with Gasteiger partial charge in [0.15, 0.2) is 5.78 Å². The SMILES string of the molecule is O=C(NCc1ccccc1)c1cccc2c1C(=O)CC2. The van der Waals surface area contributed by atoms with Crippen LogP contribution in [0.3, 0.4) is 0 Å². The van der Waals surface area contributed by atoms with Crippen LogP contribution in [-0.2, 0) is 13.0 Å². The Morgan fingerprint density at radius 3 is 2.60 bits per heavy atom. The Morgan fingerprint density at radius 1 is 1.00 bits per heavy atom. The molecule has 0 saturated carbocycles. The summed E-state index contributed by atoms with van der Waals surface area (Å²) in [7, 11) is 0. The fourth-order valence-corrected chi connectivity index (χ4v) is 2.57. The van der Waals surface area contributed by atoms with Crippen LogP contribution in [0.4, 0.5) is 0 Å². The summed E-state index contributed by atoms with van der Waals surface area (Å²) in [6, 6.07) is 15.2. The van der Waals surface area contributed by atoms with Gasteiger partial charge in [0.2, 0.25) is 0 Å². The summed E-state index contributed by atoms with van der Waals surface area (Å²) in [5, 5.41) is 2.87. The molecule has 0 radical (unpaired) electrons. The molecule has 100 valence electrons. The van der Waals surface area contributed by atoms with Crippen LogP contribution in [-0.4, -0.2) is 11.7 Å². The second-order valence-electron chi connectivity index (χ2n) is 4.93. The summed E-state index contributed by atoms with van der Waals surface area (Å²) in [4.78, 5) is 24.1. The van der Waals surface area contributed by atoms with Gasteiger partial charge in [0.25, 0.3) is 5.91 Å². The van der Waals surface area contributed by atoms with Crippen molar-refractivity contribution in [1.29, 1.82) is 0 Å². The van der Waals surface area contributed by atoms with E-state index in [1.807, 2.05) is 42.5 Å². The van der Waals surface area contributed by atoms with E-state index in [1.54, 1.807) is 6.07 Å². The molecule has 3 heteroatoms. The van der Waals surface area contributed by atoms with Gasteiger partial charge in [0, 0.05) is 18.5 Å². The van der Waals surface area contributed by atoms with Gasteiger partial charge in [-0.25, -0.2) is 0 Å². The van der Waals surface area contributed by atoms with Gasteiger partial charge in [0.05, 0.1) is 5.56 Å². The van der Waals surface area contributed by atoms with Gasteiger partial charge >= 0.3 is 0 Å². The van der Waals surface area contributed by atoms with Crippen molar-refractivity contribution >= 4 is 11.7 Å². The van der Waals surface area contributed by atoms with Gasteiger partial charge in [-0.2, -0.15) is 0 Å². The Bertz CT molecular complexity index is 662. The number of aryl methyl sites for hydroxylation is 1. The highest BCUT2D eigenvalue weighted by Gasteiger charge is 2.25. The van der Waals surface area contributed by atoms with Crippen LogP contribution in [0, 0.1) is 0 Å². The molecule has 1 aliphatic rings. The quantitative estimate of drug-likeness (QED) is 0.927. The largest absolute Gasteiger partial charge is 0.348 e. The lowest BCUT2D eigenvalue weighted by Crippen LogP contribution is -2.24. The molecule has 1 amide bonds. The molecule has 0 bridgehead atoms. The first-order chi connectivity index (χ1) is 9.75. The maximum atomic E-state index is 12.3. The molecular weight excluding hydrogens is 250 g/mol. The molecule has 0 heterocycles. The normalized spacial score (nSPS) is 13.1. The fourth-order valence-electron chi connectivity index (χ4n) is 2.57. The topological polar surface area (TPSA) is 46.2 Å². The maximum absolute atomic E-state index is 12.3. The van der Waals surface area contributed by atoms with E-state index in [1.165, 1.54) is 0 Å². The predicted octanol–water partition coefficient (Wildman–Crippen LogP) is 2.75. The Balaban J connectivity index is 1.79. The minimum Gasteiger partial charge on any atom is -0.348 e. The third kappa shape index (κ3) is 2.35. The summed E-state index contributed by atoms with van der Waals surface area (Å²) >= 11 is 0. The molecule has 0 unspecified atom stereocenters. The second kappa shape index (κ2) is 5.29. The van der Waals surface area contributed by atoms with Crippen LogP contribution in [0.2, 0.25) is 0 Å². The number of ketones is 1. The zero-order valence-corrected chi connectivity index (χ0v) is 11.1. The molecule has 0 atom stereocenters. The standard InChI is InChI=1S/C17H15NO2/c19-15-10-9-13-7-4-8-14(16(13)15)17(20)18-11-12-5-2-1-3-6-12/h1-8H,9-11H2,(H,18,20). The zero-order chi connectivity index (χ0) is 13.9. The molecule has 3 rings (SSSR count). The number of hydrogen-bond acceptors (Lipinski definition) is 2. The van der Waals surface area contributed by atoms with E-state index in [4.69, 9.17) is 0 Å². The lowest BCUT2D eigenvalue weighted by atomic mass is 10.0. The Labute approximate surface area is 117 Å². The predicted molar refractivity (Wildman–Crippen MR) is 76.7 cm³/mol. The summed E-state index contributed by atoms with van der Waals surface area (Å²) in [5.41, 5.74) is 3.14. The van der Waals surface area contributed by atoms with E-state index in [0.717, 1.165) is 17.5 Å². The lowest BCUT2D eigenvalue weighted by molar-refractivity contribution is 0.0934. The van der Waals surface area contributed by atoms with Crippen LogP contribution in [0.1, 0.15) is 38.3 Å². The summed E-state index contributed by atoms with van der Waals surface area (Å²) in [6.07, 6.45) is 1.26. The average molecular weight is 265 g/mol. The van der Waals surface area contributed by atoms with E-state index in [-0.39, 0.29) is 11.7 Å². The number of carbonyl (C=O) groups is 2. The van der Waals surface area contributed by atoms with E-state index in [2.05, 4.69) is 5.32 Å². The highest BCUT2D eigenvalue weighted by Crippen LogP contribution is 2.25. The first-order valence-electron chi connectivity index (χ1n) is 6.73. The second-order valence-corrected chi connectivity index (χ2v) is 4.93. The van der Waals surface area contributed by atoms with Gasteiger partial charge in [0.1, 0.15) is 0 Å². The molecular formula is C17H15NO2. The average Bonchev–Trinajstić information content (AvgIpc) is 2.87. The Hall–Kier alpha value is -2.42. The van der Waals surface area contributed by atoms with Crippen molar-refractivity contribution in [3.63, 3.8) is 0 Å². The minimum absolute atomic E-state index is 0.0745. The highest BCUT2D eigenvalue weighted by molar-refractivity contribution is 6.10. The highest BCUT2D eigenvalue weighted by atomic mass is 16.2. The van der Waals surface area contributed by atoms with Crippen LogP contribution in [0.5, 0.6) is 0 Å². The van der Waals surface area contributed by atoms with Crippen molar-refractivity contribution in [2.24, 2.45) is 0 Å². The molecule has 3 nitrogen and oxygen atoms in total. The number of fused-ring (bicyclic) bond motifs is 1. The number of nitrogens with one attached hydrogen (secondary N) is 1. The third-order valence-electron chi connectivity index (χ3n) is 3.59. The van der Waals surface area contributed by atoms with Crippen molar-refractivity contribution < 1.29 is 9.59 Å². The number of amides is 1. The van der Waals surface area contributed by atoms with Crippen molar-refractivity contribution in [1.82, 2.24) is 5.32 Å². The first-order valence-corrected chi connectivity index (χ1v) is 6.73. The van der Waals surface area contributed by atoms with Crippen molar-refractivity contribution in [2.45, 2.75) is 19.4 Å². The van der Waals surface area contributed by atoms with E-state index >= 15 is 0 Å². The molecule has 0 aromatic heterocycles. The molecule has 20 heavy (non-hydrogen) atoms.